The van der Waals surface area contributed by atoms with E-state index < -0.39 is 0 Å². The van der Waals surface area contributed by atoms with Crippen LogP contribution in [0.25, 0.3) is 10.8 Å². The van der Waals surface area contributed by atoms with Gasteiger partial charge < -0.3 is 5.32 Å². The van der Waals surface area contributed by atoms with Gasteiger partial charge in [0.15, 0.2) is 0 Å². The maximum Gasteiger partial charge on any atom is 0.0215 e. The molecule has 1 atom stereocenters. The largest absolute Gasteiger partial charge is 0.309 e. The lowest BCUT2D eigenvalue weighted by Gasteiger charge is -2.22. The molecular weight excluding hydrogens is 230 g/mol. The molecule has 1 heteroatoms. The number of hydrogen-bond acceptors (Lipinski definition) is 1. The summed E-state index contributed by atoms with van der Waals surface area (Å²) in [6.07, 6.45) is 8.68. The molecule has 0 saturated heterocycles. The Labute approximate surface area is 114 Å². The SMILES string of the molecule is C1=CC(c2c3c(cc4ccccc24)CNC3)CCC1. The molecule has 2 aromatic rings. The topological polar surface area (TPSA) is 12.0 Å². The number of fused-ring (bicyclic) bond motifs is 2. The Kier molecular flexibility index (Phi) is 2.66. The molecule has 0 bridgehead atoms. The maximum atomic E-state index is 3.52. The van der Waals surface area contributed by atoms with Gasteiger partial charge >= 0.3 is 0 Å². The molecule has 2 aliphatic rings. The first-order valence-electron chi connectivity index (χ1n) is 7.34. The monoisotopic (exact) mass is 249 g/mol. The summed E-state index contributed by atoms with van der Waals surface area (Å²) in [7, 11) is 0. The molecule has 2 aromatic carbocycles. The number of nitrogens with one attached hydrogen (secondary N) is 1. The van der Waals surface area contributed by atoms with Gasteiger partial charge in [-0.05, 0) is 52.8 Å². The Morgan fingerprint density at radius 2 is 2.05 bits per heavy atom. The van der Waals surface area contributed by atoms with Gasteiger partial charge in [0.2, 0.25) is 0 Å². The second kappa shape index (κ2) is 4.50. The highest BCUT2D eigenvalue weighted by atomic mass is 14.9. The van der Waals surface area contributed by atoms with Crippen LogP contribution in [0.5, 0.6) is 0 Å². The van der Waals surface area contributed by atoms with Gasteiger partial charge in [0.1, 0.15) is 0 Å². The molecule has 1 aliphatic heterocycles. The molecule has 1 aliphatic carbocycles. The van der Waals surface area contributed by atoms with E-state index in [1.807, 2.05) is 0 Å². The van der Waals surface area contributed by atoms with Crippen LogP contribution in [-0.2, 0) is 13.1 Å². The minimum atomic E-state index is 0.619. The van der Waals surface area contributed by atoms with Gasteiger partial charge in [0, 0.05) is 19.0 Å². The van der Waals surface area contributed by atoms with Crippen molar-refractivity contribution >= 4 is 10.8 Å². The van der Waals surface area contributed by atoms with E-state index in [0.717, 1.165) is 13.1 Å². The van der Waals surface area contributed by atoms with Crippen LogP contribution in [-0.4, -0.2) is 0 Å². The zero-order valence-electron chi connectivity index (χ0n) is 11.2. The lowest BCUT2D eigenvalue weighted by atomic mass is 9.82. The second-order valence-corrected chi connectivity index (χ2v) is 5.72. The van der Waals surface area contributed by atoms with Gasteiger partial charge in [-0.25, -0.2) is 0 Å². The second-order valence-electron chi connectivity index (χ2n) is 5.72. The smallest absolute Gasteiger partial charge is 0.0215 e. The highest BCUT2D eigenvalue weighted by molar-refractivity contribution is 5.89. The van der Waals surface area contributed by atoms with Gasteiger partial charge in [-0.15, -0.1) is 0 Å². The van der Waals surface area contributed by atoms with Crippen molar-refractivity contribution in [2.45, 2.75) is 38.3 Å². The highest BCUT2D eigenvalue weighted by Gasteiger charge is 2.22. The minimum absolute atomic E-state index is 0.619. The van der Waals surface area contributed by atoms with E-state index in [4.69, 9.17) is 0 Å². The maximum absolute atomic E-state index is 3.52. The van der Waals surface area contributed by atoms with Crippen molar-refractivity contribution in [2.75, 3.05) is 0 Å². The van der Waals surface area contributed by atoms with Crippen LogP contribution in [0, 0.1) is 0 Å². The van der Waals surface area contributed by atoms with E-state index in [1.165, 1.54) is 35.6 Å². The van der Waals surface area contributed by atoms with Crippen LogP contribution < -0.4 is 5.32 Å². The molecule has 1 nitrogen and oxygen atoms in total. The first-order chi connectivity index (χ1) is 9.43. The summed E-state index contributed by atoms with van der Waals surface area (Å²) in [5, 5.41) is 6.38. The predicted octanol–water partition coefficient (Wildman–Crippen LogP) is 4.27. The van der Waals surface area contributed by atoms with E-state index in [2.05, 4.69) is 47.8 Å². The Morgan fingerprint density at radius 3 is 2.95 bits per heavy atom. The Hall–Kier alpha value is -1.60. The van der Waals surface area contributed by atoms with Crippen LogP contribution in [0.2, 0.25) is 0 Å². The summed E-state index contributed by atoms with van der Waals surface area (Å²) in [4.78, 5) is 0. The van der Waals surface area contributed by atoms with E-state index >= 15 is 0 Å². The van der Waals surface area contributed by atoms with Crippen molar-refractivity contribution in [3.63, 3.8) is 0 Å². The summed E-state index contributed by atoms with van der Waals surface area (Å²) in [6, 6.07) is 11.3. The first-order valence-corrected chi connectivity index (χ1v) is 7.34. The summed E-state index contributed by atoms with van der Waals surface area (Å²) in [5.74, 6) is 0.619. The van der Waals surface area contributed by atoms with Gasteiger partial charge in [-0.2, -0.15) is 0 Å². The fraction of sp³-hybridized carbons (Fsp3) is 0.333. The molecule has 1 unspecified atom stereocenters. The minimum Gasteiger partial charge on any atom is -0.309 e. The average Bonchev–Trinajstić information content (AvgIpc) is 2.93. The molecular formula is C18H19N. The zero-order chi connectivity index (χ0) is 12.7. The predicted molar refractivity (Wildman–Crippen MR) is 80.2 cm³/mol. The zero-order valence-corrected chi connectivity index (χ0v) is 11.2. The normalized spacial score (nSPS) is 21.8. The highest BCUT2D eigenvalue weighted by Crippen LogP contribution is 2.38. The van der Waals surface area contributed by atoms with Crippen molar-refractivity contribution in [2.24, 2.45) is 0 Å². The fourth-order valence-corrected chi connectivity index (χ4v) is 3.64. The van der Waals surface area contributed by atoms with E-state index in [-0.39, 0.29) is 0 Å². The van der Waals surface area contributed by atoms with Gasteiger partial charge in [0.05, 0.1) is 0 Å². The molecule has 1 N–H and O–H groups in total. The first kappa shape index (κ1) is 11.2. The van der Waals surface area contributed by atoms with Crippen molar-refractivity contribution in [3.8, 4) is 0 Å². The Balaban J connectivity index is 2.00. The molecule has 96 valence electrons. The number of rotatable bonds is 1. The number of allylic oxidation sites excluding steroid dienone is 2. The molecule has 4 rings (SSSR count). The third kappa shape index (κ3) is 1.81. The quantitative estimate of drug-likeness (QED) is 0.744. The lowest BCUT2D eigenvalue weighted by Crippen LogP contribution is -2.06. The van der Waals surface area contributed by atoms with Crippen LogP contribution in [0.15, 0.2) is 42.5 Å². The van der Waals surface area contributed by atoms with Gasteiger partial charge in [0.25, 0.3) is 0 Å². The van der Waals surface area contributed by atoms with E-state index in [0.29, 0.717) is 5.92 Å². The van der Waals surface area contributed by atoms with Crippen LogP contribution in [0.3, 0.4) is 0 Å². The van der Waals surface area contributed by atoms with E-state index in [9.17, 15) is 0 Å². The molecule has 0 amide bonds. The summed E-state index contributed by atoms with van der Waals surface area (Å²) in [6.45, 7) is 2.07. The third-order valence-electron chi connectivity index (χ3n) is 4.54. The van der Waals surface area contributed by atoms with E-state index in [1.54, 1.807) is 11.1 Å². The van der Waals surface area contributed by atoms with Crippen LogP contribution >= 0.6 is 0 Å². The number of benzene rings is 2. The van der Waals surface area contributed by atoms with Crippen molar-refractivity contribution in [3.05, 3.63) is 59.2 Å². The van der Waals surface area contributed by atoms with Gasteiger partial charge in [-0.1, -0.05) is 36.4 Å². The Bertz CT molecular complexity index is 654. The molecule has 19 heavy (non-hydrogen) atoms. The molecule has 1 heterocycles. The molecule has 0 saturated carbocycles. The van der Waals surface area contributed by atoms with Crippen molar-refractivity contribution in [1.29, 1.82) is 0 Å². The lowest BCUT2D eigenvalue weighted by molar-refractivity contribution is 0.651. The fourth-order valence-electron chi connectivity index (χ4n) is 3.64. The van der Waals surface area contributed by atoms with Crippen molar-refractivity contribution < 1.29 is 0 Å². The molecule has 0 radical (unpaired) electrons. The van der Waals surface area contributed by atoms with Gasteiger partial charge in [-0.3, -0.25) is 0 Å². The van der Waals surface area contributed by atoms with Crippen LogP contribution in [0.1, 0.15) is 41.9 Å². The average molecular weight is 249 g/mol. The molecule has 0 spiro atoms. The molecule has 0 fully saturated rings. The van der Waals surface area contributed by atoms with Crippen LogP contribution in [0.4, 0.5) is 0 Å². The summed E-state index contributed by atoms with van der Waals surface area (Å²) < 4.78 is 0. The molecule has 0 aromatic heterocycles. The summed E-state index contributed by atoms with van der Waals surface area (Å²) in [5.41, 5.74) is 4.66. The van der Waals surface area contributed by atoms with Crippen molar-refractivity contribution in [1.82, 2.24) is 5.32 Å². The Morgan fingerprint density at radius 1 is 1.11 bits per heavy atom. The standard InChI is InChI=1S/C18H19N/c1-2-6-13(7-3-1)18-16-9-5-4-8-14(16)10-15-11-19-12-17(15)18/h2,4-6,8-10,13,19H,1,3,7,11-12H2. The third-order valence-corrected chi connectivity index (χ3v) is 4.54. The number of hydrogen-bond donors (Lipinski definition) is 1. The summed E-state index contributed by atoms with van der Waals surface area (Å²) >= 11 is 0.